The van der Waals surface area contributed by atoms with Gasteiger partial charge in [0.05, 0.1) is 42.7 Å². The van der Waals surface area contributed by atoms with Crippen molar-refractivity contribution >= 4 is 52.8 Å². The van der Waals surface area contributed by atoms with Gasteiger partial charge in [-0.2, -0.15) is 0 Å². The number of hydrogen-bond acceptors (Lipinski definition) is 6. The van der Waals surface area contributed by atoms with Crippen molar-refractivity contribution in [1.82, 2.24) is 15.5 Å². The van der Waals surface area contributed by atoms with Crippen LogP contribution in [0.5, 0.6) is 0 Å². The third-order valence-corrected chi connectivity index (χ3v) is 10.2. The van der Waals surface area contributed by atoms with Crippen LogP contribution in [0.2, 0.25) is 5.02 Å². The van der Waals surface area contributed by atoms with Crippen molar-refractivity contribution in [2.24, 2.45) is 16.3 Å². The summed E-state index contributed by atoms with van der Waals surface area (Å²) in [4.78, 5) is 47.0. The summed E-state index contributed by atoms with van der Waals surface area (Å²) in [6, 6.07) is 3.38. The number of fused-ring (bicyclic) bond motifs is 3. The van der Waals surface area contributed by atoms with Crippen molar-refractivity contribution in [3.05, 3.63) is 63.6 Å². The molecule has 2 fully saturated rings. The summed E-state index contributed by atoms with van der Waals surface area (Å²) < 4.78 is 23.0. The third-order valence-electron chi connectivity index (χ3n) is 9.83. The summed E-state index contributed by atoms with van der Waals surface area (Å²) in [5.74, 6) is -2.94. The maximum atomic E-state index is 16.7. The van der Waals surface area contributed by atoms with Crippen LogP contribution < -0.4 is 16.0 Å². The van der Waals surface area contributed by atoms with E-state index in [0.717, 1.165) is 17.2 Å². The first-order valence-electron chi connectivity index (χ1n) is 14.2. The Morgan fingerprint density at radius 3 is 2.70 bits per heavy atom. The third kappa shape index (κ3) is 4.24. The van der Waals surface area contributed by atoms with Crippen LogP contribution in [-0.2, 0) is 24.5 Å². The molecule has 43 heavy (non-hydrogen) atoms. The molecule has 1 unspecified atom stereocenters. The lowest BCUT2D eigenvalue weighted by Gasteiger charge is -2.56. The average Bonchev–Trinajstić information content (AvgIpc) is 3.34. The van der Waals surface area contributed by atoms with Gasteiger partial charge in [0.25, 0.3) is 0 Å². The molecule has 228 valence electrons. The molecule has 4 heterocycles. The summed E-state index contributed by atoms with van der Waals surface area (Å²) in [7, 11) is 3.38. The van der Waals surface area contributed by atoms with Gasteiger partial charge in [-0.1, -0.05) is 49.7 Å². The Labute approximate surface area is 259 Å². The molecule has 12 heteroatoms. The van der Waals surface area contributed by atoms with Crippen LogP contribution in [0.15, 0.2) is 58.0 Å². The topological polar surface area (TPSA) is 112 Å². The molecule has 4 aliphatic heterocycles. The van der Waals surface area contributed by atoms with Crippen LogP contribution in [-0.4, -0.2) is 73.3 Å². The van der Waals surface area contributed by atoms with Gasteiger partial charge in [0, 0.05) is 31.0 Å². The second-order valence-electron chi connectivity index (χ2n) is 12.7. The van der Waals surface area contributed by atoms with Gasteiger partial charge in [0.2, 0.25) is 17.7 Å². The fourth-order valence-electron chi connectivity index (χ4n) is 8.17. The monoisotopic (exact) mass is 629 g/mol. The van der Waals surface area contributed by atoms with Crippen LogP contribution in [0.1, 0.15) is 38.7 Å². The molecule has 6 rings (SSSR count). The van der Waals surface area contributed by atoms with Crippen LogP contribution in [0.3, 0.4) is 0 Å². The van der Waals surface area contributed by atoms with E-state index in [9.17, 15) is 14.4 Å². The molecule has 1 aromatic carbocycles. The van der Waals surface area contributed by atoms with Crippen molar-refractivity contribution in [2.75, 3.05) is 26.0 Å². The average molecular weight is 631 g/mol. The van der Waals surface area contributed by atoms with Crippen molar-refractivity contribution in [2.45, 2.75) is 62.3 Å². The Morgan fingerprint density at radius 2 is 2.00 bits per heavy atom. The van der Waals surface area contributed by atoms with E-state index < -0.39 is 58.1 Å². The molecule has 3 amide bonds. The number of allylic oxidation sites excluding steroid dienone is 1. The first kappa shape index (κ1) is 30.0. The van der Waals surface area contributed by atoms with Crippen LogP contribution in [0.25, 0.3) is 0 Å². The molecule has 6 atom stereocenters. The summed E-state index contributed by atoms with van der Waals surface area (Å²) in [6.07, 6.45) is 2.83. The van der Waals surface area contributed by atoms with Gasteiger partial charge in [0.1, 0.15) is 16.4 Å². The lowest BCUT2D eigenvalue weighted by Crippen LogP contribution is -2.67. The van der Waals surface area contributed by atoms with Crippen LogP contribution in [0.4, 0.5) is 10.1 Å². The van der Waals surface area contributed by atoms with Crippen molar-refractivity contribution in [3.8, 4) is 0 Å². The predicted octanol–water partition coefficient (Wildman–Crippen LogP) is 3.98. The van der Waals surface area contributed by atoms with Crippen molar-refractivity contribution < 1.29 is 23.5 Å². The molecule has 0 radical (unpaired) electrons. The molecular weight excluding hydrogens is 596 g/mol. The molecule has 2 saturated heterocycles. The van der Waals surface area contributed by atoms with Crippen molar-refractivity contribution in [3.63, 3.8) is 0 Å². The van der Waals surface area contributed by atoms with E-state index in [1.165, 1.54) is 11.1 Å². The van der Waals surface area contributed by atoms with Gasteiger partial charge in [-0.3, -0.25) is 19.7 Å². The number of anilines is 1. The highest BCUT2D eigenvalue weighted by Gasteiger charge is 2.77. The molecule has 2 bridgehead atoms. The maximum absolute atomic E-state index is 16.7. The minimum Gasteiger partial charge on any atom is -0.371 e. The molecule has 1 aliphatic carbocycles. The van der Waals surface area contributed by atoms with Gasteiger partial charge in [-0.25, -0.2) is 9.38 Å². The van der Waals surface area contributed by atoms with Gasteiger partial charge < -0.3 is 20.3 Å². The largest absolute Gasteiger partial charge is 0.371 e. The van der Waals surface area contributed by atoms with Crippen LogP contribution in [0, 0.1) is 11.3 Å². The standard InChI is InChI=1S/C31H34Cl2FN5O4/c1-15(32)35-11-8-18(34)23-26-27(41)36-20-14-43-21(13-22(40)39(4)5)25-24(20)30(38-26,10-9-29(25,2)3)31(23)17-7-6-16(33)12-19(17)37-28(31)42/h6-8,11-12,20-21,23,26,38H,1,9-10,13-14H2,2-5H3,(H,36,41)(H,37,42)/b18-8-,35-11?/t20-,21+,23-,26+,30?,31+/m0/s1. The van der Waals surface area contributed by atoms with Gasteiger partial charge in [-0.15, -0.1) is 0 Å². The molecule has 5 aliphatic rings. The molecule has 3 N–H and O–H groups in total. The number of aliphatic imine (C=N–C) groups is 1. The predicted molar refractivity (Wildman–Crippen MR) is 163 cm³/mol. The Balaban J connectivity index is 1.68. The second-order valence-corrected chi connectivity index (χ2v) is 13.6. The highest BCUT2D eigenvalue weighted by molar-refractivity contribution is 6.31. The maximum Gasteiger partial charge on any atom is 0.238 e. The zero-order valence-electron chi connectivity index (χ0n) is 24.4. The van der Waals surface area contributed by atoms with E-state index >= 15 is 4.39 Å². The van der Waals surface area contributed by atoms with Gasteiger partial charge in [-0.05, 0) is 53.2 Å². The van der Waals surface area contributed by atoms with E-state index in [1.54, 1.807) is 32.3 Å². The fourth-order valence-corrected chi connectivity index (χ4v) is 8.40. The summed E-state index contributed by atoms with van der Waals surface area (Å²) in [6.45, 7) is 7.79. The van der Waals surface area contributed by atoms with Gasteiger partial charge >= 0.3 is 0 Å². The highest BCUT2D eigenvalue weighted by atomic mass is 35.5. The Hall–Kier alpha value is -3.05. The number of carbonyl (C=O) groups is 3. The Morgan fingerprint density at radius 1 is 1.26 bits per heavy atom. The van der Waals surface area contributed by atoms with Gasteiger partial charge in [0.15, 0.2) is 0 Å². The zero-order chi connectivity index (χ0) is 31.1. The highest BCUT2D eigenvalue weighted by Crippen LogP contribution is 2.66. The Bertz CT molecular complexity index is 1550. The molecular formula is C31H34Cl2FN5O4. The molecule has 0 aromatic heterocycles. The van der Waals surface area contributed by atoms with E-state index in [4.69, 9.17) is 27.9 Å². The summed E-state index contributed by atoms with van der Waals surface area (Å²) in [5, 5.41) is 9.98. The number of hydrogen-bond donors (Lipinski definition) is 3. The number of nitrogens with zero attached hydrogens (tertiary/aromatic N) is 2. The molecule has 0 saturated carbocycles. The number of amides is 3. The number of ether oxygens (including phenoxy) is 1. The van der Waals surface area contributed by atoms with Crippen molar-refractivity contribution in [1.29, 1.82) is 0 Å². The number of rotatable bonds is 5. The van der Waals surface area contributed by atoms with E-state index in [1.807, 2.05) is 0 Å². The first-order chi connectivity index (χ1) is 20.2. The van der Waals surface area contributed by atoms with E-state index in [0.29, 0.717) is 29.1 Å². The zero-order valence-corrected chi connectivity index (χ0v) is 25.9. The minimum absolute atomic E-state index is 0.0403. The minimum atomic E-state index is -1.58. The molecule has 2 spiro atoms. The lowest BCUT2D eigenvalue weighted by molar-refractivity contribution is -0.133. The summed E-state index contributed by atoms with van der Waals surface area (Å²) in [5.41, 5.74) is -0.544. The smallest absolute Gasteiger partial charge is 0.238 e. The first-order valence-corrected chi connectivity index (χ1v) is 15.0. The van der Waals surface area contributed by atoms with Crippen LogP contribution >= 0.6 is 23.2 Å². The number of halogens is 3. The fraction of sp³-hybridized carbons (Fsp3) is 0.484. The number of nitrogens with one attached hydrogen (secondary N) is 3. The molecule has 1 aromatic rings. The Kier molecular flexibility index (Phi) is 7.16. The number of benzene rings is 1. The van der Waals surface area contributed by atoms with E-state index in [2.05, 4.69) is 41.4 Å². The molecule has 9 nitrogen and oxygen atoms in total. The second kappa shape index (κ2) is 10.3. The SMILES string of the molecule is C=C(Cl)N=C/C=C(\F)[C@H]1[C@H]2NC3(CCC(C)(C)C4=C3[C@H](CO[C@@H]4CC(=O)N(C)C)NC2=O)[C@@]12C(=O)Nc1cc(Cl)ccc12. The quantitative estimate of drug-likeness (QED) is 0.259. The normalized spacial score (nSPS) is 34.1. The summed E-state index contributed by atoms with van der Waals surface area (Å²) >= 11 is 12.1. The lowest BCUT2D eigenvalue weighted by atomic mass is 9.50. The van der Waals surface area contributed by atoms with E-state index in [-0.39, 0.29) is 24.1 Å². The number of carbonyl (C=O) groups excluding carboxylic acids is 3.